The summed E-state index contributed by atoms with van der Waals surface area (Å²) in [5.74, 6) is -1.16. The molecular formula is C20H25FN4O3. The summed E-state index contributed by atoms with van der Waals surface area (Å²) >= 11 is 0. The number of ketones is 1. The highest BCUT2D eigenvalue weighted by molar-refractivity contribution is 6.00. The molecule has 0 aliphatic carbocycles. The second-order valence-electron chi connectivity index (χ2n) is 7.27. The van der Waals surface area contributed by atoms with Crippen LogP contribution in [0.25, 0.3) is 0 Å². The fourth-order valence-electron chi connectivity index (χ4n) is 3.50. The van der Waals surface area contributed by atoms with Crippen molar-refractivity contribution in [2.45, 2.75) is 25.8 Å². The lowest BCUT2D eigenvalue weighted by Gasteiger charge is -2.35. The van der Waals surface area contributed by atoms with Gasteiger partial charge in [-0.1, -0.05) is 0 Å². The molecule has 28 heavy (non-hydrogen) atoms. The molecule has 1 aliphatic rings. The van der Waals surface area contributed by atoms with Gasteiger partial charge in [0.2, 0.25) is 0 Å². The van der Waals surface area contributed by atoms with Gasteiger partial charge in [0, 0.05) is 37.7 Å². The lowest BCUT2D eigenvalue weighted by atomic mass is 9.88. The molecule has 2 N–H and O–H groups in total. The lowest BCUT2D eigenvalue weighted by molar-refractivity contribution is 0.0806. The zero-order valence-electron chi connectivity index (χ0n) is 16.1. The number of phenolic OH excluding ortho intramolecular Hbond substituents is 1. The lowest BCUT2D eigenvalue weighted by Crippen LogP contribution is -2.44. The van der Waals surface area contributed by atoms with E-state index in [1.54, 1.807) is 13.2 Å². The molecule has 1 fully saturated rings. The maximum Gasteiger partial charge on any atom is 0.268 e. The molecule has 0 saturated carbocycles. The van der Waals surface area contributed by atoms with Crippen LogP contribution in [-0.4, -0.2) is 51.2 Å². The summed E-state index contributed by atoms with van der Waals surface area (Å²) in [7, 11) is 1.60. The van der Waals surface area contributed by atoms with Crippen LogP contribution in [0.4, 0.5) is 10.1 Å². The average Bonchev–Trinajstić information content (AvgIpc) is 2.68. The van der Waals surface area contributed by atoms with Gasteiger partial charge in [-0.25, -0.2) is 9.07 Å². The number of nitrogens with zero attached hydrogens (tertiary/aromatic N) is 3. The Kier molecular flexibility index (Phi) is 6.08. The number of halogens is 1. The van der Waals surface area contributed by atoms with E-state index in [9.17, 15) is 19.1 Å². The van der Waals surface area contributed by atoms with Crippen LogP contribution in [0, 0.1) is 11.7 Å². The van der Waals surface area contributed by atoms with E-state index in [0.29, 0.717) is 25.1 Å². The van der Waals surface area contributed by atoms with E-state index in [4.69, 9.17) is 0 Å². The molecule has 1 atom stereocenters. The predicted molar refractivity (Wildman–Crippen MR) is 104 cm³/mol. The van der Waals surface area contributed by atoms with Crippen molar-refractivity contribution in [3.8, 4) is 5.75 Å². The third-order valence-corrected chi connectivity index (χ3v) is 5.32. The van der Waals surface area contributed by atoms with Crippen molar-refractivity contribution in [1.29, 1.82) is 0 Å². The standard InChI is InChI=1S/C20H25FN4O3/c1-13(11-22-16-10-19(27)24(2)23-12-16)25-7-5-14(6-8-25)20(28)17-4-3-15(21)9-18(17)26/h3-4,9-10,12-14,22,26H,5-8,11H2,1-2H3. The van der Waals surface area contributed by atoms with Gasteiger partial charge in [0.1, 0.15) is 11.6 Å². The normalized spacial score (nSPS) is 16.7. The van der Waals surface area contributed by atoms with Gasteiger partial charge >= 0.3 is 0 Å². The van der Waals surface area contributed by atoms with E-state index < -0.39 is 5.82 Å². The van der Waals surface area contributed by atoms with Crippen LogP contribution in [-0.2, 0) is 7.05 Å². The first kappa shape index (κ1) is 20.0. The van der Waals surface area contributed by atoms with Crippen LogP contribution in [0.15, 0.2) is 35.3 Å². The van der Waals surface area contributed by atoms with Crippen molar-refractivity contribution in [1.82, 2.24) is 14.7 Å². The minimum Gasteiger partial charge on any atom is -0.507 e. The monoisotopic (exact) mass is 388 g/mol. The first-order chi connectivity index (χ1) is 13.3. The molecule has 1 aromatic heterocycles. The molecule has 150 valence electrons. The summed E-state index contributed by atoms with van der Waals surface area (Å²) in [5.41, 5.74) is 0.709. The SMILES string of the molecule is CC(CNc1cnn(C)c(=O)c1)N1CCC(C(=O)c2ccc(F)cc2O)CC1. The summed E-state index contributed by atoms with van der Waals surface area (Å²) in [6, 6.07) is 5.26. The summed E-state index contributed by atoms with van der Waals surface area (Å²) in [6.07, 6.45) is 3.00. The number of hydrogen-bond donors (Lipinski definition) is 2. The highest BCUT2D eigenvalue weighted by Crippen LogP contribution is 2.27. The fraction of sp³-hybridized carbons (Fsp3) is 0.450. The molecule has 0 bridgehead atoms. The number of piperidine rings is 1. The van der Waals surface area contributed by atoms with E-state index in [-0.39, 0.29) is 34.6 Å². The number of phenols is 1. The van der Waals surface area contributed by atoms with Gasteiger partial charge in [-0.05, 0) is 45.0 Å². The van der Waals surface area contributed by atoms with Crippen molar-refractivity contribution < 1.29 is 14.3 Å². The van der Waals surface area contributed by atoms with Gasteiger partial charge in [-0.2, -0.15) is 5.10 Å². The summed E-state index contributed by atoms with van der Waals surface area (Å²) in [6.45, 7) is 4.27. The predicted octanol–water partition coefficient (Wildman–Crippen LogP) is 2.02. The van der Waals surface area contributed by atoms with Crippen molar-refractivity contribution in [2.75, 3.05) is 25.0 Å². The number of nitrogens with one attached hydrogen (secondary N) is 1. The number of carbonyl (C=O) groups excluding carboxylic acids is 1. The van der Waals surface area contributed by atoms with E-state index in [1.165, 1.54) is 22.9 Å². The first-order valence-corrected chi connectivity index (χ1v) is 9.39. The Morgan fingerprint density at radius 1 is 1.36 bits per heavy atom. The molecule has 2 aromatic rings. The zero-order chi connectivity index (χ0) is 20.3. The van der Waals surface area contributed by atoms with Crippen LogP contribution < -0.4 is 10.9 Å². The van der Waals surface area contributed by atoms with Gasteiger partial charge in [0.25, 0.3) is 5.56 Å². The minimum atomic E-state index is -0.559. The number of anilines is 1. The van der Waals surface area contributed by atoms with Crippen LogP contribution in [0.2, 0.25) is 0 Å². The third-order valence-electron chi connectivity index (χ3n) is 5.32. The summed E-state index contributed by atoms with van der Waals surface area (Å²) in [4.78, 5) is 26.5. The average molecular weight is 388 g/mol. The summed E-state index contributed by atoms with van der Waals surface area (Å²) in [5, 5.41) is 17.1. The highest BCUT2D eigenvalue weighted by atomic mass is 19.1. The van der Waals surface area contributed by atoms with Crippen molar-refractivity contribution in [3.05, 3.63) is 52.2 Å². The molecule has 3 rings (SSSR count). The molecule has 8 heteroatoms. The van der Waals surface area contributed by atoms with Crippen molar-refractivity contribution >= 4 is 11.5 Å². The number of benzene rings is 1. The number of Topliss-reactive ketones (excluding diaryl/α,β-unsaturated/α-hetero) is 1. The van der Waals surface area contributed by atoms with Crippen LogP contribution in [0.1, 0.15) is 30.1 Å². The largest absolute Gasteiger partial charge is 0.507 e. The Morgan fingerprint density at radius 3 is 2.71 bits per heavy atom. The van der Waals surface area contributed by atoms with E-state index in [2.05, 4.69) is 22.2 Å². The van der Waals surface area contributed by atoms with Gasteiger partial charge in [0.15, 0.2) is 5.78 Å². The number of rotatable bonds is 6. The Balaban J connectivity index is 1.52. The number of carbonyl (C=O) groups is 1. The van der Waals surface area contributed by atoms with Crippen LogP contribution >= 0.6 is 0 Å². The molecule has 1 saturated heterocycles. The number of likely N-dealkylation sites (tertiary alicyclic amines) is 1. The van der Waals surface area contributed by atoms with E-state index in [1.807, 2.05) is 0 Å². The Labute approximate surface area is 162 Å². The molecule has 2 heterocycles. The van der Waals surface area contributed by atoms with Crippen LogP contribution in [0.3, 0.4) is 0 Å². The molecule has 1 aliphatic heterocycles. The van der Waals surface area contributed by atoms with Crippen molar-refractivity contribution in [3.63, 3.8) is 0 Å². The molecule has 0 spiro atoms. The molecular weight excluding hydrogens is 363 g/mol. The molecule has 0 radical (unpaired) electrons. The van der Waals surface area contributed by atoms with E-state index >= 15 is 0 Å². The topological polar surface area (TPSA) is 87.5 Å². The highest BCUT2D eigenvalue weighted by Gasteiger charge is 2.29. The quantitative estimate of drug-likeness (QED) is 0.737. The maximum absolute atomic E-state index is 13.1. The first-order valence-electron chi connectivity index (χ1n) is 9.39. The van der Waals surface area contributed by atoms with Gasteiger partial charge in [0.05, 0.1) is 17.4 Å². The summed E-state index contributed by atoms with van der Waals surface area (Å²) < 4.78 is 14.4. The zero-order valence-corrected chi connectivity index (χ0v) is 16.1. The smallest absolute Gasteiger partial charge is 0.268 e. The van der Waals surface area contributed by atoms with E-state index in [0.717, 1.165) is 19.2 Å². The number of aromatic nitrogens is 2. The minimum absolute atomic E-state index is 0.130. The number of hydrogen-bond acceptors (Lipinski definition) is 6. The molecule has 1 aromatic carbocycles. The number of aromatic hydroxyl groups is 1. The fourth-order valence-corrected chi connectivity index (χ4v) is 3.50. The Bertz CT molecular complexity index is 907. The molecule has 7 nitrogen and oxygen atoms in total. The van der Waals surface area contributed by atoms with Crippen LogP contribution in [0.5, 0.6) is 5.75 Å². The maximum atomic E-state index is 13.1. The Hall–Kier alpha value is -2.74. The Morgan fingerprint density at radius 2 is 2.07 bits per heavy atom. The molecule has 0 amide bonds. The molecule has 1 unspecified atom stereocenters. The third kappa shape index (κ3) is 4.56. The van der Waals surface area contributed by atoms with Gasteiger partial charge < -0.3 is 10.4 Å². The second-order valence-corrected chi connectivity index (χ2v) is 7.27. The second kappa shape index (κ2) is 8.52. The van der Waals surface area contributed by atoms with Crippen molar-refractivity contribution in [2.24, 2.45) is 13.0 Å². The number of aryl methyl sites for hydroxylation is 1. The van der Waals surface area contributed by atoms with Gasteiger partial charge in [-0.15, -0.1) is 0 Å². The van der Waals surface area contributed by atoms with Gasteiger partial charge in [-0.3, -0.25) is 14.5 Å².